The summed E-state index contributed by atoms with van der Waals surface area (Å²) in [7, 11) is 0. The molecule has 1 heterocycles. The van der Waals surface area contributed by atoms with E-state index < -0.39 is 17.6 Å². The van der Waals surface area contributed by atoms with Gasteiger partial charge in [0.25, 0.3) is 0 Å². The molecule has 1 fully saturated rings. The number of carboxylic acids is 1. The Kier molecular flexibility index (Phi) is 4.29. The van der Waals surface area contributed by atoms with E-state index in [1.807, 2.05) is 0 Å². The second kappa shape index (κ2) is 5.30. The molecule has 0 unspecified atom stereocenters. The van der Waals surface area contributed by atoms with Crippen molar-refractivity contribution in [3.05, 3.63) is 0 Å². The maximum atomic E-state index is 11.8. The Morgan fingerprint density at radius 2 is 2.06 bits per heavy atom. The molecular formula is C11H19NO4. The summed E-state index contributed by atoms with van der Waals surface area (Å²) in [5.74, 6) is -1.28. The number of rotatable bonds is 5. The standard InChI is InChI=1S/C11H19NO4/c1-3-11(4-2,10(14)15)12-9(13)8-6-5-7-16-8/h8H,3-7H2,1-2H3,(H,12,13)(H,14,15)/t8-/m0/s1. The van der Waals surface area contributed by atoms with E-state index in [1.165, 1.54) is 0 Å². The Bertz CT molecular complexity index is 267. The van der Waals surface area contributed by atoms with Crippen LogP contribution in [-0.2, 0) is 14.3 Å². The smallest absolute Gasteiger partial charge is 0.329 e. The highest BCUT2D eigenvalue weighted by Crippen LogP contribution is 2.18. The van der Waals surface area contributed by atoms with Crippen molar-refractivity contribution >= 4 is 11.9 Å². The van der Waals surface area contributed by atoms with Crippen molar-refractivity contribution in [3.8, 4) is 0 Å². The first kappa shape index (κ1) is 13.0. The Hall–Kier alpha value is -1.10. The summed E-state index contributed by atoms with van der Waals surface area (Å²) in [6.45, 7) is 4.09. The number of aliphatic carboxylic acids is 1. The average Bonchev–Trinajstić information content (AvgIpc) is 2.78. The molecule has 16 heavy (non-hydrogen) atoms. The second-order valence-electron chi connectivity index (χ2n) is 4.09. The van der Waals surface area contributed by atoms with Crippen LogP contribution in [0.3, 0.4) is 0 Å². The minimum Gasteiger partial charge on any atom is -0.480 e. The zero-order valence-corrected chi connectivity index (χ0v) is 9.78. The largest absolute Gasteiger partial charge is 0.480 e. The van der Waals surface area contributed by atoms with Gasteiger partial charge in [0, 0.05) is 6.61 Å². The monoisotopic (exact) mass is 229 g/mol. The van der Waals surface area contributed by atoms with Crippen LogP contribution in [-0.4, -0.2) is 35.2 Å². The zero-order valence-electron chi connectivity index (χ0n) is 9.78. The lowest BCUT2D eigenvalue weighted by Crippen LogP contribution is -2.56. The lowest BCUT2D eigenvalue weighted by Gasteiger charge is -2.29. The molecule has 1 aliphatic heterocycles. The Morgan fingerprint density at radius 3 is 2.44 bits per heavy atom. The number of amides is 1. The first-order valence-electron chi connectivity index (χ1n) is 5.72. The van der Waals surface area contributed by atoms with Crippen molar-refractivity contribution < 1.29 is 19.4 Å². The second-order valence-corrected chi connectivity index (χ2v) is 4.09. The van der Waals surface area contributed by atoms with E-state index in [1.54, 1.807) is 13.8 Å². The predicted octanol–water partition coefficient (Wildman–Crippen LogP) is 0.925. The number of ether oxygens (including phenoxy) is 1. The van der Waals surface area contributed by atoms with Crippen LogP contribution in [0.25, 0.3) is 0 Å². The Labute approximate surface area is 95.2 Å². The van der Waals surface area contributed by atoms with Crippen LogP contribution in [0.1, 0.15) is 39.5 Å². The molecule has 0 aromatic rings. The van der Waals surface area contributed by atoms with E-state index in [0.717, 1.165) is 6.42 Å². The molecule has 1 saturated heterocycles. The maximum Gasteiger partial charge on any atom is 0.329 e. The third kappa shape index (κ3) is 2.52. The van der Waals surface area contributed by atoms with Gasteiger partial charge in [-0.2, -0.15) is 0 Å². The molecule has 0 radical (unpaired) electrons. The van der Waals surface area contributed by atoms with E-state index in [2.05, 4.69) is 5.32 Å². The van der Waals surface area contributed by atoms with Crippen molar-refractivity contribution in [2.45, 2.75) is 51.2 Å². The van der Waals surface area contributed by atoms with Gasteiger partial charge in [-0.05, 0) is 25.7 Å². The van der Waals surface area contributed by atoms with E-state index in [4.69, 9.17) is 9.84 Å². The van der Waals surface area contributed by atoms with Gasteiger partial charge in [0.2, 0.25) is 5.91 Å². The number of carbonyl (C=O) groups is 2. The van der Waals surface area contributed by atoms with Gasteiger partial charge in [-0.1, -0.05) is 13.8 Å². The molecule has 5 heteroatoms. The number of carbonyl (C=O) groups excluding carboxylic acids is 1. The van der Waals surface area contributed by atoms with Crippen LogP contribution in [0.5, 0.6) is 0 Å². The molecular weight excluding hydrogens is 210 g/mol. The summed E-state index contributed by atoms with van der Waals surface area (Å²) >= 11 is 0. The highest BCUT2D eigenvalue weighted by atomic mass is 16.5. The molecule has 1 rings (SSSR count). The summed E-state index contributed by atoms with van der Waals surface area (Å²) in [5, 5.41) is 11.8. The quantitative estimate of drug-likeness (QED) is 0.735. The summed E-state index contributed by atoms with van der Waals surface area (Å²) < 4.78 is 5.22. The van der Waals surface area contributed by atoms with Gasteiger partial charge in [-0.3, -0.25) is 4.79 Å². The van der Waals surface area contributed by atoms with Gasteiger partial charge in [0.15, 0.2) is 0 Å². The van der Waals surface area contributed by atoms with E-state index >= 15 is 0 Å². The summed E-state index contributed by atoms with van der Waals surface area (Å²) in [6, 6.07) is 0. The topological polar surface area (TPSA) is 75.6 Å². The summed E-state index contributed by atoms with van der Waals surface area (Å²) in [5.41, 5.74) is -1.15. The van der Waals surface area contributed by atoms with Crippen molar-refractivity contribution in [3.63, 3.8) is 0 Å². The van der Waals surface area contributed by atoms with Crippen LogP contribution in [0.15, 0.2) is 0 Å². The first-order valence-corrected chi connectivity index (χ1v) is 5.72. The zero-order chi connectivity index (χ0) is 12.2. The van der Waals surface area contributed by atoms with Gasteiger partial charge < -0.3 is 15.2 Å². The van der Waals surface area contributed by atoms with Crippen molar-refractivity contribution in [2.75, 3.05) is 6.61 Å². The number of hydrogen-bond donors (Lipinski definition) is 2. The van der Waals surface area contributed by atoms with E-state index in [9.17, 15) is 9.59 Å². The van der Waals surface area contributed by atoms with Crippen LogP contribution in [0.4, 0.5) is 0 Å². The molecule has 0 spiro atoms. The molecule has 0 aromatic carbocycles. The van der Waals surface area contributed by atoms with Crippen molar-refractivity contribution in [1.29, 1.82) is 0 Å². The molecule has 2 N–H and O–H groups in total. The molecule has 0 saturated carbocycles. The number of carboxylic acid groups (broad SMARTS) is 1. The fourth-order valence-corrected chi connectivity index (χ4v) is 1.88. The molecule has 0 bridgehead atoms. The molecule has 0 aliphatic carbocycles. The highest BCUT2D eigenvalue weighted by Gasteiger charge is 2.38. The SMILES string of the molecule is CCC(CC)(NC(=O)[C@@H]1CCCO1)C(=O)O. The Morgan fingerprint density at radius 1 is 1.44 bits per heavy atom. The van der Waals surface area contributed by atoms with Gasteiger partial charge in [0.05, 0.1) is 0 Å². The van der Waals surface area contributed by atoms with Gasteiger partial charge in [0.1, 0.15) is 11.6 Å². The van der Waals surface area contributed by atoms with Crippen molar-refractivity contribution in [2.24, 2.45) is 0 Å². The minimum atomic E-state index is -1.15. The molecule has 5 nitrogen and oxygen atoms in total. The molecule has 1 amide bonds. The summed E-state index contributed by atoms with van der Waals surface area (Å²) in [6.07, 6.45) is 1.80. The maximum absolute atomic E-state index is 11.8. The minimum absolute atomic E-state index is 0.302. The molecule has 92 valence electrons. The fourth-order valence-electron chi connectivity index (χ4n) is 1.88. The predicted molar refractivity (Wildman–Crippen MR) is 58.1 cm³/mol. The molecule has 1 atom stereocenters. The van der Waals surface area contributed by atoms with Crippen LogP contribution >= 0.6 is 0 Å². The van der Waals surface area contributed by atoms with E-state index in [0.29, 0.717) is 25.9 Å². The molecule has 1 aliphatic rings. The van der Waals surface area contributed by atoms with Gasteiger partial charge in [-0.25, -0.2) is 4.79 Å². The van der Waals surface area contributed by atoms with Gasteiger partial charge in [-0.15, -0.1) is 0 Å². The normalized spacial score (nSPS) is 20.8. The van der Waals surface area contributed by atoms with Crippen LogP contribution in [0.2, 0.25) is 0 Å². The molecule has 0 aromatic heterocycles. The van der Waals surface area contributed by atoms with Crippen molar-refractivity contribution in [1.82, 2.24) is 5.32 Å². The number of hydrogen-bond acceptors (Lipinski definition) is 3. The lowest BCUT2D eigenvalue weighted by atomic mass is 9.92. The number of nitrogens with one attached hydrogen (secondary N) is 1. The van der Waals surface area contributed by atoms with Crippen LogP contribution in [0, 0.1) is 0 Å². The Balaban J connectivity index is 2.67. The average molecular weight is 229 g/mol. The highest BCUT2D eigenvalue weighted by molar-refractivity contribution is 5.89. The lowest BCUT2D eigenvalue weighted by molar-refractivity contribution is -0.149. The van der Waals surface area contributed by atoms with Gasteiger partial charge >= 0.3 is 5.97 Å². The summed E-state index contributed by atoms with van der Waals surface area (Å²) in [4.78, 5) is 23.0. The third-order valence-electron chi connectivity index (χ3n) is 3.20. The van der Waals surface area contributed by atoms with Crippen LogP contribution < -0.4 is 5.32 Å². The van der Waals surface area contributed by atoms with E-state index in [-0.39, 0.29) is 5.91 Å². The fraction of sp³-hybridized carbons (Fsp3) is 0.818. The third-order valence-corrected chi connectivity index (χ3v) is 3.20. The first-order chi connectivity index (χ1) is 7.55.